The maximum absolute atomic E-state index is 12.2. The van der Waals surface area contributed by atoms with Crippen LogP contribution in [0.1, 0.15) is 0 Å². The zero-order chi connectivity index (χ0) is 11.6. The van der Waals surface area contributed by atoms with Crippen LogP contribution >= 0.6 is 11.6 Å². The van der Waals surface area contributed by atoms with Crippen LogP contribution in [-0.2, 0) is 4.74 Å². The molecule has 2 nitrogen and oxygen atoms in total. The van der Waals surface area contributed by atoms with E-state index >= 15 is 0 Å². The van der Waals surface area contributed by atoms with Crippen molar-refractivity contribution in [3.05, 3.63) is 0 Å². The van der Waals surface area contributed by atoms with Crippen molar-refractivity contribution in [3.63, 3.8) is 0 Å². The first-order chi connectivity index (χ1) is 6.07. The van der Waals surface area contributed by atoms with E-state index in [0.29, 0.717) is 0 Å². The molecule has 0 heterocycles. The predicted octanol–water partition coefficient (Wildman–Crippen LogP) is 2.90. The van der Waals surface area contributed by atoms with E-state index in [-0.39, 0.29) is 0 Å². The fourth-order valence-corrected chi connectivity index (χ4v) is 0.520. The number of hydrogen-bond acceptors (Lipinski definition) is 2. The minimum atomic E-state index is -5.72. The molecule has 0 fully saturated rings. The molecule has 0 aromatic carbocycles. The number of alkyl halides is 6. The van der Waals surface area contributed by atoms with Gasteiger partial charge < -0.3 is 4.74 Å². The van der Waals surface area contributed by atoms with Gasteiger partial charge in [0, 0.05) is 11.6 Å². The van der Waals surface area contributed by atoms with E-state index < -0.39 is 30.3 Å². The normalized spacial score (nSPS) is 15.1. The summed E-state index contributed by atoms with van der Waals surface area (Å²) >= 11 is 4.40. The summed E-state index contributed by atoms with van der Waals surface area (Å²) < 4.78 is 74.2. The van der Waals surface area contributed by atoms with Crippen LogP contribution in [0.4, 0.5) is 31.1 Å². The highest BCUT2D eigenvalue weighted by Crippen LogP contribution is 2.35. The Hall–Kier alpha value is -0.660. The Morgan fingerprint density at radius 1 is 1.29 bits per heavy atom. The molecular weight excluding hydrogens is 241 g/mol. The number of ether oxygens (including phenoxy) is 1. The van der Waals surface area contributed by atoms with Crippen molar-refractivity contribution in [1.82, 2.24) is 0 Å². The lowest BCUT2D eigenvalue weighted by atomic mass is 10.2. The van der Waals surface area contributed by atoms with Gasteiger partial charge >= 0.3 is 17.5 Å². The summed E-state index contributed by atoms with van der Waals surface area (Å²) in [5, 5.41) is 0. The van der Waals surface area contributed by atoms with E-state index in [1.807, 2.05) is 0 Å². The Bertz CT molecular complexity index is 215. The molecule has 0 saturated carbocycles. The van der Waals surface area contributed by atoms with Crippen molar-refractivity contribution in [2.24, 2.45) is 0 Å². The molecule has 0 saturated heterocycles. The molecule has 0 aliphatic heterocycles. The van der Waals surface area contributed by atoms with E-state index in [2.05, 4.69) is 16.3 Å². The van der Waals surface area contributed by atoms with E-state index in [4.69, 9.17) is 0 Å². The van der Waals surface area contributed by atoms with Crippen LogP contribution in [0.2, 0.25) is 0 Å². The zero-order valence-corrected chi connectivity index (χ0v) is 7.00. The minimum Gasteiger partial charge on any atom is -0.447 e. The van der Waals surface area contributed by atoms with Gasteiger partial charge in [0.2, 0.25) is 0 Å². The van der Waals surface area contributed by atoms with E-state index in [1.165, 1.54) is 0 Å². The molecule has 1 unspecified atom stereocenters. The van der Waals surface area contributed by atoms with Crippen molar-refractivity contribution in [2.75, 3.05) is 6.61 Å². The average molecular weight is 245 g/mol. The second-order valence-corrected chi connectivity index (χ2v) is 2.50. The maximum Gasteiger partial charge on any atom is 0.425 e. The topological polar surface area (TPSA) is 26.3 Å². The average Bonchev–Trinajstić information content (AvgIpc) is 1.98. The third-order valence-corrected chi connectivity index (χ3v) is 1.15. The van der Waals surface area contributed by atoms with Crippen LogP contribution in [0.5, 0.6) is 0 Å². The molecule has 0 aromatic heterocycles. The second kappa shape index (κ2) is 4.24. The largest absolute Gasteiger partial charge is 0.447 e. The molecule has 0 spiro atoms. The summed E-state index contributed by atoms with van der Waals surface area (Å²) in [5.41, 5.74) is -1.74. The van der Waals surface area contributed by atoms with Gasteiger partial charge in [0.15, 0.2) is 6.61 Å². The number of carbonyl (C=O) groups excluding carboxylic acids is 1. The highest BCUT2D eigenvalue weighted by atomic mass is 35.5. The summed E-state index contributed by atoms with van der Waals surface area (Å²) in [7, 11) is 0. The quantitative estimate of drug-likeness (QED) is 0.564. The molecule has 84 valence electrons. The van der Waals surface area contributed by atoms with Crippen LogP contribution < -0.4 is 0 Å². The SMILES string of the molecule is O=C(Cl)OCC(F)(F)C(F)C(F)(F)F. The highest BCUT2D eigenvalue weighted by molar-refractivity contribution is 6.61. The first kappa shape index (κ1) is 13.3. The molecule has 14 heavy (non-hydrogen) atoms. The summed E-state index contributed by atoms with van der Waals surface area (Å²) in [4.78, 5) is 9.77. The fraction of sp³-hybridized carbons (Fsp3) is 0.800. The minimum absolute atomic E-state index is 1.74. The van der Waals surface area contributed by atoms with Crippen LogP contribution in [0.3, 0.4) is 0 Å². The highest BCUT2D eigenvalue weighted by Gasteiger charge is 2.57. The molecule has 0 rings (SSSR count). The van der Waals surface area contributed by atoms with Crippen molar-refractivity contribution < 1.29 is 35.9 Å². The zero-order valence-electron chi connectivity index (χ0n) is 6.25. The Morgan fingerprint density at radius 2 is 1.71 bits per heavy atom. The molecule has 0 bridgehead atoms. The summed E-state index contributed by atoms with van der Waals surface area (Å²) in [5.74, 6) is -4.84. The lowest BCUT2D eigenvalue weighted by Crippen LogP contribution is -2.44. The molecule has 1 atom stereocenters. The molecule has 0 aromatic rings. The van der Waals surface area contributed by atoms with Gasteiger partial charge in [-0.3, -0.25) is 0 Å². The van der Waals surface area contributed by atoms with Crippen LogP contribution in [-0.4, -0.2) is 30.3 Å². The molecule has 0 aliphatic rings. The maximum atomic E-state index is 12.2. The third-order valence-electron chi connectivity index (χ3n) is 1.04. The second-order valence-electron chi connectivity index (χ2n) is 2.19. The van der Waals surface area contributed by atoms with Gasteiger partial charge in [-0.15, -0.1) is 0 Å². The van der Waals surface area contributed by atoms with Gasteiger partial charge in [0.1, 0.15) is 0 Å². The number of rotatable bonds is 3. The number of hydrogen-bond donors (Lipinski definition) is 0. The summed E-state index contributed by atoms with van der Waals surface area (Å²) in [6.45, 7) is -2.06. The number of carbonyl (C=O) groups is 1. The van der Waals surface area contributed by atoms with Crippen molar-refractivity contribution in [1.29, 1.82) is 0 Å². The third kappa shape index (κ3) is 4.03. The van der Waals surface area contributed by atoms with Crippen molar-refractivity contribution in [3.8, 4) is 0 Å². The van der Waals surface area contributed by atoms with Gasteiger partial charge in [-0.2, -0.15) is 22.0 Å². The lowest BCUT2D eigenvalue weighted by molar-refractivity contribution is -0.251. The van der Waals surface area contributed by atoms with Gasteiger partial charge in [-0.05, 0) is 0 Å². The fourth-order valence-electron chi connectivity index (χ4n) is 0.466. The Balaban J connectivity index is 4.38. The first-order valence-electron chi connectivity index (χ1n) is 2.98. The van der Waals surface area contributed by atoms with E-state index in [1.54, 1.807) is 0 Å². The van der Waals surface area contributed by atoms with E-state index in [9.17, 15) is 31.1 Å². The van der Waals surface area contributed by atoms with Crippen LogP contribution in [0, 0.1) is 0 Å². The van der Waals surface area contributed by atoms with Gasteiger partial charge in [0.25, 0.3) is 6.17 Å². The summed E-state index contributed by atoms with van der Waals surface area (Å²) in [6.07, 6.45) is -10.1. The van der Waals surface area contributed by atoms with Gasteiger partial charge in [0.05, 0.1) is 0 Å². The lowest BCUT2D eigenvalue weighted by Gasteiger charge is -2.21. The van der Waals surface area contributed by atoms with Crippen molar-refractivity contribution >= 4 is 17.0 Å². The summed E-state index contributed by atoms with van der Waals surface area (Å²) in [6, 6.07) is 0. The van der Waals surface area contributed by atoms with E-state index in [0.717, 1.165) is 0 Å². The predicted molar refractivity (Wildman–Crippen MR) is 33.1 cm³/mol. The first-order valence-corrected chi connectivity index (χ1v) is 3.36. The smallest absolute Gasteiger partial charge is 0.425 e. The van der Waals surface area contributed by atoms with Gasteiger partial charge in [-0.25, -0.2) is 9.18 Å². The Labute approximate surface area is 78.8 Å². The van der Waals surface area contributed by atoms with Gasteiger partial charge in [-0.1, -0.05) is 0 Å². The standard InChI is InChI=1S/C5H3ClF6O2/c6-3(13)14-1-4(8,9)2(7)5(10,11)12/h2H,1H2. The molecule has 0 aliphatic carbocycles. The molecular formula is C5H3ClF6O2. The Kier molecular flexibility index (Phi) is 4.04. The van der Waals surface area contributed by atoms with Crippen molar-refractivity contribution in [2.45, 2.75) is 18.3 Å². The number of halogens is 7. The molecule has 9 heteroatoms. The monoisotopic (exact) mass is 244 g/mol. The Morgan fingerprint density at radius 3 is 2.00 bits per heavy atom. The van der Waals surface area contributed by atoms with Crippen LogP contribution in [0.15, 0.2) is 0 Å². The molecule has 0 radical (unpaired) electrons. The molecule has 0 amide bonds. The van der Waals surface area contributed by atoms with Crippen LogP contribution in [0.25, 0.3) is 0 Å². The molecule has 0 N–H and O–H groups in total.